The molecular weight excluding hydrogens is 322 g/mol. The van der Waals surface area contributed by atoms with Crippen LogP contribution in [0.15, 0.2) is 28.8 Å². The number of aryl methyl sites for hydroxylation is 1. The predicted octanol–water partition coefficient (Wildman–Crippen LogP) is 2.27. The first-order valence-corrected chi connectivity index (χ1v) is 8.64. The molecule has 25 heavy (non-hydrogen) atoms. The molecule has 0 N–H and O–H groups in total. The lowest BCUT2D eigenvalue weighted by molar-refractivity contribution is -0.0969. The molecule has 132 valence electrons. The van der Waals surface area contributed by atoms with Gasteiger partial charge in [-0.2, -0.15) is 4.98 Å². The summed E-state index contributed by atoms with van der Waals surface area (Å²) in [6.45, 7) is 4.51. The van der Waals surface area contributed by atoms with Gasteiger partial charge in [0.05, 0.1) is 13.2 Å². The topological polar surface area (TPSA) is 77.7 Å². The summed E-state index contributed by atoms with van der Waals surface area (Å²) in [6.07, 6.45) is 1.84. The fraction of sp³-hybridized carbons (Fsp3) is 0.500. The van der Waals surface area contributed by atoms with Crippen molar-refractivity contribution in [1.82, 2.24) is 15.0 Å². The second kappa shape index (κ2) is 6.93. The Morgan fingerprint density at radius 1 is 1.20 bits per heavy atom. The first-order valence-electron chi connectivity index (χ1n) is 8.64. The fourth-order valence-corrected chi connectivity index (χ4v) is 3.42. The van der Waals surface area contributed by atoms with Gasteiger partial charge in [0, 0.05) is 30.1 Å². The summed E-state index contributed by atoms with van der Waals surface area (Å²) in [5.41, 5.74) is 1.47. The summed E-state index contributed by atoms with van der Waals surface area (Å²) in [5, 5.41) is 3.79. The van der Waals surface area contributed by atoms with Gasteiger partial charge in [0.1, 0.15) is 0 Å². The van der Waals surface area contributed by atoms with Gasteiger partial charge in [0.25, 0.3) is 11.8 Å². The van der Waals surface area contributed by atoms with Crippen molar-refractivity contribution in [2.45, 2.75) is 26.1 Å². The van der Waals surface area contributed by atoms with Crippen LogP contribution in [-0.4, -0.2) is 53.5 Å². The Morgan fingerprint density at radius 3 is 2.64 bits per heavy atom. The SMILES string of the molecule is Cc1noc(-c2ccc(C(=O)N3CCCC(C4OCCO4)C3)cc2)n1. The Labute approximate surface area is 145 Å². The second-order valence-electron chi connectivity index (χ2n) is 6.49. The molecule has 1 unspecified atom stereocenters. The fourth-order valence-electron chi connectivity index (χ4n) is 3.42. The standard InChI is InChI=1S/C18H21N3O4/c1-12-19-16(25-20-12)13-4-6-14(7-5-13)17(22)21-8-2-3-15(11-21)18-23-9-10-24-18/h4-7,15,18H,2-3,8-11H2,1H3. The number of likely N-dealkylation sites (tertiary alicyclic amines) is 1. The number of hydrogen-bond donors (Lipinski definition) is 0. The molecule has 0 bridgehead atoms. The van der Waals surface area contributed by atoms with E-state index in [2.05, 4.69) is 10.1 Å². The molecule has 2 fully saturated rings. The molecule has 1 atom stereocenters. The summed E-state index contributed by atoms with van der Waals surface area (Å²) >= 11 is 0. The lowest BCUT2D eigenvalue weighted by Gasteiger charge is -2.34. The quantitative estimate of drug-likeness (QED) is 0.851. The van der Waals surface area contributed by atoms with E-state index in [9.17, 15) is 4.79 Å². The third kappa shape index (κ3) is 3.43. The zero-order valence-electron chi connectivity index (χ0n) is 14.2. The molecule has 2 aromatic rings. The van der Waals surface area contributed by atoms with E-state index in [0.717, 1.165) is 24.9 Å². The zero-order valence-corrected chi connectivity index (χ0v) is 14.2. The van der Waals surface area contributed by atoms with Gasteiger partial charge >= 0.3 is 0 Å². The molecule has 1 aromatic heterocycles. The Kier molecular flexibility index (Phi) is 4.50. The molecule has 0 spiro atoms. The van der Waals surface area contributed by atoms with Gasteiger partial charge in [-0.15, -0.1) is 0 Å². The molecule has 2 aliphatic rings. The number of hydrogen-bond acceptors (Lipinski definition) is 6. The van der Waals surface area contributed by atoms with Gasteiger partial charge < -0.3 is 18.9 Å². The number of aromatic nitrogens is 2. The Bertz CT molecular complexity index is 737. The van der Waals surface area contributed by atoms with E-state index in [1.54, 1.807) is 6.92 Å². The van der Waals surface area contributed by atoms with E-state index in [4.69, 9.17) is 14.0 Å². The average molecular weight is 343 g/mol. The highest BCUT2D eigenvalue weighted by molar-refractivity contribution is 5.94. The van der Waals surface area contributed by atoms with E-state index in [-0.39, 0.29) is 18.1 Å². The Balaban J connectivity index is 1.44. The van der Waals surface area contributed by atoms with E-state index < -0.39 is 0 Å². The van der Waals surface area contributed by atoms with Crippen molar-refractivity contribution in [2.24, 2.45) is 5.92 Å². The molecule has 1 amide bonds. The number of ether oxygens (including phenoxy) is 2. The predicted molar refractivity (Wildman–Crippen MR) is 88.8 cm³/mol. The van der Waals surface area contributed by atoms with Gasteiger partial charge in [-0.1, -0.05) is 5.16 Å². The molecular formula is C18H21N3O4. The summed E-state index contributed by atoms with van der Waals surface area (Å²) in [4.78, 5) is 18.9. The van der Waals surface area contributed by atoms with Gasteiger partial charge in [0.15, 0.2) is 12.1 Å². The maximum absolute atomic E-state index is 12.8. The van der Waals surface area contributed by atoms with Gasteiger partial charge in [-0.3, -0.25) is 4.79 Å². The van der Waals surface area contributed by atoms with Crippen LogP contribution in [0, 0.1) is 12.8 Å². The minimum atomic E-state index is -0.168. The lowest BCUT2D eigenvalue weighted by Crippen LogP contribution is -2.43. The highest BCUT2D eigenvalue weighted by Crippen LogP contribution is 2.26. The van der Waals surface area contributed by atoms with Crippen LogP contribution < -0.4 is 0 Å². The van der Waals surface area contributed by atoms with Crippen LogP contribution in [0.4, 0.5) is 0 Å². The number of carbonyl (C=O) groups is 1. The zero-order chi connectivity index (χ0) is 17.2. The highest BCUT2D eigenvalue weighted by atomic mass is 16.7. The van der Waals surface area contributed by atoms with E-state index >= 15 is 0 Å². The first kappa shape index (κ1) is 16.2. The van der Waals surface area contributed by atoms with Crippen molar-refractivity contribution in [3.05, 3.63) is 35.7 Å². The van der Waals surface area contributed by atoms with Crippen LogP contribution in [0.3, 0.4) is 0 Å². The second-order valence-corrected chi connectivity index (χ2v) is 6.49. The maximum atomic E-state index is 12.8. The third-order valence-electron chi connectivity index (χ3n) is 4.68. The van der Waals surface area contributed by atoms with Crippen LogP contribution in [0.25, 0.3) is 11.5 Å². The lowest BCUT2D eigenvalue weighted by atomic mass is 9.96. The van der Waals surface area contributed by atoms with Crippen molar-refractivity contribution in [1.29, 1.82) is 0 Å². The van der Waals surface area contributed by atoms with E-state index in [1.165, 1.54) is 0 Å². The average Bonchev–Trinajstić information content (AvgIpc) is 3.33. The van der Waals surface area contributed by atoms with Crippen molar-refractivity contribution < 1.29 is 18.8 Å². The molecule has 2 saturated heterocycles. The number of nitrogens with zero attached hydrogens (tertiary/aromatic N) is 3. The molecule has 7 nitrogen and oxygen atoms in total. The van der Waals surface area contributed by atoms with Crippen molar-refractivity contribution in [2.75, 3.05) is 26.3 Å². The van der Waals surface area contributed by atoms with Gasteiger partial charge in [-0.25, -0.2) is 0 Å². The maximum Gasteiger partial charge on any atom is 0.257 e. The summed E-state index contributed by atoms with van der Waals surface area (Å²) < 4.78 is 16.4. The molecule has 1 aromatic carbocycles. The largest absolute Gasteiger partial charge is 0.350 e. The van der Waals surface area contributed by atoms with Crippen molar-refractivity contribution in [3.8, 4) is 11.5 Å². The van der Waals surface area contributed by atoms with Crippen LogP contribution in [0.5, 0.6) is 0 Å². The third-order valence-corrected chi connectivity index (χ3v) is 4.68. The molecule has 0 radical (unpaired) electrons. The number of piperidine rings is 1. The van der Waals surface area contributed by atoms with E-state index in [0.29, 0.717) is 37.0 Å². The summed E-state index contributed by atoms with van der Waals surface area (Å²) in [5.74, 6) is 1.34. The molecule has 4 rings (SSSR count). The number of benzene rings is 1. The van der Waals surface area contributed by atoms with E-state index in [1.807, 2.05) is 29.2 Å². The minimum Gasteiger partial charge on any atom is -0.350 e. The molecule has 0 saturated carbocycles. The van der Waals surface area contributed by atoms with Crippen LogP contribution >= 0.6 is 0 Å². The molecule has 0 aliphatic carbocycles. The monoisotopic (exact) mass is 343 g/mol. The normalized spacial score (nSPS) is 21.6. The minimum absolute atomic E-state index is 0.0379. The summed E-state index contributed by atoms with van der Waals surface area (Å²) in [6, 6.07) is 7.29. The van der Waals surface area contributed by atoms with Crippen LogP contribution in [0.1, 0.15) is 29.0 Å². The number of amides is 1. The molecule has 7 heteroatoms. The number of carbonyl (C=O) groups excluding carboxylic acids is 1. The first-order chi connectivity index (χ1) is 12.2. The molecule has 3 heterocycles. The Morgan fingerprint density at radius 2 is 1.96 bits per heavy atom. The van der Waals surface area contributed by atoms with Gasteiger partial charge in [0.2, 0.25) is 0 Å². The Hall–Kier alpha value is -2.25. The highest BCUT2D eigenvalue weighted by Gasteiger charge is 2.33. The van der Waals surface area contributed by atoms with Crippen LogP contribution in [0.2, 0.25) is 0 Å². The smallest absolute Gasteiger partial charge is 0.257 e. The molecule has 2 aliphatic heterocycles. The number of rotatable bonds is 3. The van der Waals surface area contributed by atoms with Crippen molar-refractivity contribution in [3.63, 3.8) is 0 Å². The van der Waals surface area contributed by atoms with Crippen LogP contribution in [-0.2, 0) is 9.47 Å². The van der Waals surface area contributed by atoms with Gasteiger partial charge in [-0.05, 0) is 44.0 Å². The van der Waals surface area contributed by atoms with Crippen molar-refractivity contribution >= 4 is 5.91 Å². The summed E-state index contributed by atoms with van der Waals surface area (Å²) in [7, 11) is 0.